The van der Waals surface area contributed by atoms with Crippen molar-refractivity contribution < 1.29 is 28.5 Å². The summed E-state index contributed by atoms with van der Waals surface area (Å²) >= 11 is 0. The number of rotatable bonds is 10. The molecule has 0 aliphatic carbocycles. The van der Waals surface area contributed by atoms with Gasteiger partial charge in [-0.1, -0.05) is 24.3 Å². The lowest BCUT2D eigenvalue weighted by Crippen LogP contribution is -2.08. The van der Waals surface area contributed by atoms with Gasteiger partial charge in [0, 0.05) is 34.6 Å². The summed E-state index contributed by atoms with van der Waals surface area (Å²) in [5, 5.41) is 0. The van der Waals surface area contributed by atoms with E-state index in [-0.39, 0.29) is 24.6 Å². The van der Waals surface area contributed by atoms with Gasteiger partial charge in [-0.15, -0.1) is 0 Å². The fraction of sp³-hybridized carbons (Fsp3) is 0.194. The molecule has 0 bridgehead atoms. The van der Waals surface area contributed by atoms with E-state index in [0.29, 0.717) is 34.0 Å². The molecule has 5 aromatic rings. The van der Waals surface area contributed by atoms with Gasteiger partial charge in [-0.05, 0) is 49.2 Å². The SMILES string of the molecule is CCOC(=O)c1[nH]cc(-c2ccc(OC)cc2)c1-c1nc[nH]c1-c1c(-c2ccc(OC)cc2)c[nH]c1C(=O)OCC. The Balaban J connectivity index is 1.74. The van der Waals surface area contributed by atoms with Gasteiger partial charge < -0.3 is 33.9 Å². The molecular weight excluding hydrogens is 524 g/mol. The second kappa shape index (κ2) is 11.9. The molecule has 0 aliphatic rings. The van der Waals surface area contributed by atoms with Crippen LogP contribution in [-0.4, -0.2) is 59.3 Å². The number of esters is 2. The highest BCUT2D eigenvalue weighted by Crippen LogP contribution is 2.43. The molecule has 5 rings (SSSR count). The molecule has 10 nitrogen and oxygen atoms in total. The van der Waals surface area contributed by atoms with E-state index in [1.165, 1.54) is 6.33 Å². The molecule has 0 fully saturated rings. The van der Waals surface area contributed by atoms with E-state index < -0.39 is 11.9 Å². The third kappa shape index (κ3) is 5.19. The van der Waals surface area contributed by atoms with Crippen molar-refractivity contribution in [1.82, 2.24) is 19.9 Å². The van der Waals surface area contributed by atoms with Crippen molar-refractivity contribution >= 4 is 11.9 Å². The normalized spacial score (nSPS) is 10.8. The van der Waals surface area contributed by atoms with Gasteiger partial charge in [0.25, 0.3) is 0 Å². The van der Waals surface area contributed by atoms with Gasteiger partial charge in [-0.25, -0.2) is 14.6 Å². The number of benzene rings is 2. The van der Waals surface area contributed by atoms with Crippen molar-refractivity contribution in [3.8, 4) is 56.3 Å². The Morgan fingerprint density at radius 3 is 1.61 bits per heavy atom. The van der Waals surface area contributed by atoms with E-state index in [0.717, 1.165) is 22.3 Å². The Labute approximate surface area is 236 Å². The van der Waals surface area contributed by atoms with Crippen molar-refractivity contribution in [2.24, 2.45) is 0 Å². The standard InChI is InChI=1S/C31H30N4O6/c1-5-40-30(36)28-24(22(15-32-28)18-7-11-20(38-3)12-8-18)26-27(35-17-34-26)25-23(16-33-29(25)31(37)41-6-2)19-9-13-21(39-4)14-10-19/h7-17,32-33H,5-6H2,1-4H3,(H,34,35). The number of methoxy groups -OCH3 is 2. The maximum atomic E-state index is 13.1. The molecule has 10 heteroatoms. The van der Waals surface area contributed by atoms with Gasteiger partial charge in [-0.2, -0.15) is 0 Å². The van der Waals surface area contributed by atoms with Gasteiger partial charge in [0.2, 0.25) is 0 Å². The lowest BCUT2D eigenvalue weighted by atomic mass is 9.94. The molecule has 0 amide bonds. The van der Waals surface area contributed by atoms with E-state index in [9.17, 15) is 9.59 Å². The van der Waals surface area contributed by atoms with Crippen LogP contribution in [0, 0.1) is 0 Å². The monoisotopic (exact) mass is 554 g/mol. The van der Waals surface area contributed by atoms with Crippen LogP contribution in [0.1, 0.15) is 34.8 Å². The lowest BCUT2D eigenvalue weighted by molar-refractivity contribution is 0.0511. The van der Waals surface area contributed by atoms with Crippen LogP contribution >= 0.6 is 0 Å². The summed E-state index contributed by atoms with van der Waals surface area (Å²) in [7, 11) is 3.20. The second-order valence-corrected chi connectivity index (χ2v) is 8.93. The molecule has 210 valence electrons. The number of aromatic nitrogens is 4. The van der Waals surface area contributed by atoms with Crippen LogP contribution in [0.3, 0.4) is 0 Å². The predicted molar refractivity (Wildman–Crippen MR) is 154 cm³/mol. The Bertz CT molecular complexity index is 1540. The van der Waals surface area contributed by atoms with Crippen LogP contribution in [0.4, 0.5) is 0 Å². The summed E-state index contributed by atoms with van der Waals surface area (Å²) in [6, 6.07) is 15.0. The van der Waals surface area contributed by atoms with E-state index >= 15 is 0 Å². The van der Waals surface area contributed by atoms with Gasteiger partial charge in [-0.3, -0.25) is 0 Å². The third-order valence-corrected chi connectivity index (χ3v) is 6.65. The van der Waals surface area contributed by atoms with Gasteiger partial charge >= 0.3 is 11.9 Å². The number of aromatic amines is 3. The van der Waals surface area contributed by atoms with Crippen LogP contribution in [-0.2, 0) is 9.47 Å². The zero-order chi connectivity index (χ0) is 28.9. The minimum Gasteiger partial charge on any atom is -0.497 e. The number of carbonyl (C=O) groups excluding carboxylic acids is 2. The van der Waals surface area contributed by atoms with E-state index in [4.69, 9.17) is 18.9 Å². The molecule has 3 N–H and O–H groups in total. The predicted octanol–water partition coefficient (Wildman–Crippen LogP) is 6.10. The van der Waals surface area contributed by atoms with Gasteiger partial charge in [0.15, 0.2) is 0 Å². The summed E-state index contributed by atoms with van der Waals surface area (Å²) in [5.74, 6) is 0.366. The van der Waals surface area contributed by atoms with Crippen LogP contribution in [0.15, 0.2) is 67.3 Å². The number of hydrogen-bond donors (Lipinski definition) is 3. The van der Waals surface area contributed by atoms with Crippen LogP contribution in [0.2, 0.25) is 0 Å². The largest absolute Gasteiger partial charge is 0.497 e. The smallest absolute Gasteiger partial charge is 0.355 e. The molecule has 0 radical (unpaired) electrons. The minimum atomic E-state index is -0.522. The fourth-order valence-corrected chi connectivity index (χ4v) is 4.75. The molecule has 3 heterocycles. The highest BCUT2D eigenvalue weighted by molar-refractivity contribution is 6.07. The molecule has 0 atom stereocenters. The molecule has 2 aromatic carbocycles. The van der Waals surface area contributed by atoms with Crippen molar-refractivity contribution in [1.29, 1.82) is 0 Å². The zero-order valence-electron chi connectivity index (χ0n) is 23.2. The molecule has 0 unspecified atom stereocenters. The van der Waals surface area contributed by atoms with Gasteiger partial charge in [0.1, 0.15) is 22.9 Å². The molecule has 41 heavy (non-hydrogen) atoms. The molecule has 0 spiro atoms. The Kier molecular flexibility index (Phi) is 7.91. The summed E-state index contributed by atoms with van der Waals surface area (Å²) in [6.07, 6.45) is 5.03. The zero-order valence-corrected chi connectivity index (χ0v) is 23.2. The number of nitrogens with zero attached hydrogens (tertiary/aromatic N) is 1. The number of ether oxygens (including phenoxy) is 4. The number of H-pyrrole nitrogens is 3. The topological polar surface area (TPSA) is 131 Å². The van der Waals surface area contributed by atoms with Gasteiger partial charge in [0.05, 0.1) is 45.1 Å². The summed E-state index contributed by atoms with van der Waals surface area (Å²) < 4.78 is 21.4. The molecule has 0 saturated heterocycles. The molecule has 0 saturated carbocycles. The van der Waals surface area contributed by atoms with Crippen molar-refractivity contribution in [3.63, 3.8) is 0 Å². The third-order valence-electron chi connectivity index (χ3n) is 6.65. The van der Waals surface area contributed by atoms with Crippen LogP contribution in [0.25, 0.3) is 44.8 Å². The minimum absolute atomic E-state index is 0.203. The maximum absolute atomic E-state index is 13.1. The quantitative estimate of drug-likeness (QED) is 0.178. The van der Waals surface area contributed by atoms with Crippen molar-refractivity contribution in [2.45, 2.75) is 13.8 Å². The van der Waals surface area contributed by atoms with E-state index in [1.54, 1.807) is 40.5 Å². The molecular formula is C31H30N4O6. The summed E-state index contributed by atoms with van der Waals surface area (Å²) in [5.41, 5.74) is 5.69. The fourth-order valence-electron chi connectivity index (χ4n) is 4.75. The number of hydrogen-bond acceptors (Lipinski definition) is 7. The molecule has 3 aromatic heterocycles. The van der Waals surface area contributed by atoms with E-state index in [2.05, 4.69) is 19.9 Å². The number of imidazole rings is 1. The Morgan fingerprint density at radius 1 is 0.683 bits per heavy atom. The summed E-state index contributed by atoms with van der Waals surface area (Å²) in [6.45, 7) is 3.91. The van der Waals surface area contributed by atoms with Crippen LogP contribution < -0.4 is 9.47 Å². The summed E-state index contributed by atoms with van der Waals surface area (Å²) in [4.78, 5) is 40.3. The Hall–Kier alpha value is -5.25. The lowest BCUT2D eigenvalue weighted by Gasteiger charge is -2.11. The van der Waals surface area contributed by atoms with Crippen LogP contribution in [0.5, 0.6) is 11.5 Å². The Morgan fingerprint density at radius 2 is 1.15 bits per heavy atom. The second-order valence-electron chi connectivity index (χ2n) is 8.93. The number of nitrogens with one attached hydrogen (secondary N) is 3. The van der Waals surface area contributed by atoms with E-state index in [1.807, 2.05) is 48.5 Å². The van der Waals surface area contributed by atoms with Crippen molar-refractivity contribution in [3.05, 3.63) is 78.6 Å². The first-order valence-electron chi connectivity index (χ1n) is 13.1. The number of carbonyl (C=O) groups is 2. The average Bonchev–Trinajstić information content (AvgIpc) is 3.75. The maximum Gasteiger partial charge on any atom is 0.355 e. The van der Waals surface area contributed by atoms with Crippen molar-refractivity contribution in [2.75, 3.05) is 27.4 Å². The average molecular weight is 555 g/mol. The molecule has 0 aliphatic heterocycles. The first-order chi connectivity index (χ1) is 20.0. The highest BCUT2D eigenvalue weighted by atomic mass is 16.5. The first-order valence-corrected chi connectivity index (χ1v) is 13.1. The first kappa shape index (κ1) is 27.3. The highest BCUT2D eigenvalue weighted by Gasteiger charge is 2.29.